The Bertz CT molecular complexity index is 317. The van der Waals surface area contributed by atoms with Gasteiger partial charge in [0.05, 0.1) is 6.20 Å². The van der Waals surface area contributed by atoms with E-state index in [4.69, 9.17) is 0 Å². The van der Waals surface area contributed by atoms with Crippen LogP contribution in [-0.2, 0) is 13.5 Å². The normalized spacial score (nSPS) is 25.9. The van der Waals surface area contributed by atoms with Crippen LogP contribution in [0.2, 0.25) is 0 Å². The van der Waals surface area contributed by atoms with Crippen molar-refractivity contribution in [1.29, 1.82) is 0 Å². The molecule has 0 aliphatic heterocycles. The van der Waals surface area contributed by atoms with Gasteiger partial charge in [-0.25, -0.2) is 0 Å². The van der Waals surface area contributed by atoms with Crippen molar-refractivity contribution in [2.45, 2.75) is 45.1 Å². The van der Waals surface area contributed by atoms with Gasteiger partial charge in [-0.15, -0.1) is 0 Å². The molecule has 1 heterocycles. The molecule has 16 heavy (non-hydrogen) atoms. The minimum Gasteiger partial charge on any atom is -0.314 e. The molecule has 1 fully saturated rings. The zero-order valence-electron chi connectivity index (χ0n) is 10.4. The fourth-order valence-electron chi connectivity index (χ4n) is 2.86. The minimum atomic E-state index is 0.721. The summed E-state index contributed by atoms with van der Waals surface area (Å²) < 4.78 is 1.90. The number of hydrogen-bond donors (Lipinski definition) is 1. The molecule has 0 aromatic carbocycles. The number of rotatable bonds is 4. The first kappa shape index (κ1) is 11.6. The molecule has 2 unspecified atom stereocenters. The highest BCUT2D eigenvalue weighted by atomic mass is 15.2. The lowest BCUT2D eigenvalue weighted by Crippen LogP contribution is -2.39. The van der Waals surface area contributed by atoms with E-state index in [1.807, 2.05) is 17.9 Å². The Kier molecular flexibility index (Phi) is 3.99. The van der Waals surface area contributed by atoms with Gasteiger partial charge in [0, 0.05) is 19.3 Å². The van der Waals surface area contributed by atoms with Crippen LogP contribution in [0.3, 0.4) is 0 Å². The Hall–Kier alpha value is -0.830. The summed E-state index contributed by atoms with van der Waals surface area (Å²) in [6, 6.07) is 0.721. The molecule has 0 spiro atoms. The highest BCUT2D eigenvalue weighted by molar-refractivity contribution is 5.06. The van der Waals surface area contributed by atoms with Gasteiger partial charge < -0.3 is 5.32 Å². The maximum Gasteiger partial charge on any atom is 0.0521 e. The molecule has 0 saturated heterocycles. The van der Waals surface area contributed by atoms with E-state index in [9.17, 15) is 0 Å². The van der Waals surface area contributed by atoms with E-state index in [1.54, 1.807) is 0 Å². The number of nitrogens with one attached hydrogen (secondary N) is 1. The predicted octanol–water partition coefficient (Wildman–Crippen LogP) is 2.13. The summed E-state index contributed by atoms with van der Waals surface area (Å²) in [7, 11) is 1.99. The molecular weight excluding hydrogens is 198 g/mol. The molecular formula is C13H23N3. The van der Waals surface area contributed by atoms with E-state index in [0.29, 0.717) is 0 Å². The van der Waals surface area contributed by atoms with Gasteiger partial charge in [0.15, 0.2) is 0 Å². The second-order valence-corrected chi connectivity index (χ2v) is 4.94. The smallest absolute Gasteiger partial charge is 0.0521 e. The molecule has 1 aromatic rings. The second kappa shape index (κ2) is 5.48. The van der Waals surface area contributed by atoms with Gasteiger partial charge in [0.1, 0.15) is 0 Å². The van der Waals surface area contributed by atoms with Crippen LogP contribution in [0.1, 0.15) is 38.2 Å². The van der Waals surface area contributed by atoms with E-state index >= 15 is 0 Å². The molecule has 1 saturated carbocycles. The van der Waals surface area contributed by atoms with Gasteiger partial charge in [-0.1, -0.05) is 19.8 Å². The molecule has 0 radical (unpaired) electrons. The van der Waals surface area contributed by atoms with Crippen LogP contribution in [0.5, 0.6) is 0 Å². The lowest BCUT2D eigenvalue weighted by Gasteiger charge is -2.32. The Morgan fingerprint density at radius 3 is 2.94 bits per heavy atom. The first-order valence-corrected chi connectivity index (χ1v) is 6.50. The molecule has 2 atom stereocenters. The third-order valence-electron chi connectivity index (χ3n) is 3.63. The van der Waals surface area contributed by atoms with Crippen molar-refractivity contribution in [3.63, 3.8) is 0 Å². The molecule has 1 aromatic heterocycles. The third-order valence-corrected chi connectivity index (χ3v) is 3.63. The van der Waals surface area contributed by atoms with E-state index < -0.39 is 0 Å². The van der Waals surface area contributed by atoms with Crippen molar-refractivity contribution in [2.24, 2.45) is 13.0 Å². The van der Waals surface area contributed by atoms with Crippen LogP contribution >= 0.6 is 0 Å². The van der Waals surface area contributed by atoms with Gasteiger partial charge in [-0.2, -0.15) is 5.10 Å². The Morgan fingerprint density at radius 2 is 2.25 bits per heavy atom. The lowest BCUT2D eigenvalue weighted by molar-refractivity contribution is 0.264. The second-order valence-electron chi connectivity index (χ2n) is 4.94. The molecule has 2 rings (SSSR count). The monoisotopic (exact) mass is 221 g/mol. The average Bonchev–Trinajstić information content (AvgIpc) is 2.67. The number of nitrogens with zero attached hydrogens (tertiary/aromatic N) is 2. The summed E-state index contributed by atoms with van der Waals surface area (Å²) in [5.41, 5.74) is 1.39. The van der Waals surface area contributed by atoms with Crippen LogP contribution in [0.4, 0.5) is 0 Å². The maximum absolute atomic E-state index is 4.25. The summed E-state index contributed by atoms with van der Waals surface area (Å²) in [5, 5.41) is 7.88. The third kappa shape index (κ3) is 2.85. The van der Waals surface area contributed by atoms with E-state index in [1.165, 1.54) is 37.7 Å². The van der Waals surface area contributed by atoms with Crippen molar-refractivity contribution < 1.29 is 0 Å². The highest BCUT2D eigenvalue weighted by Crippen LogP contribution is 2.27. The van der Waals surface area contributed by atoms with Crippen LogP contribution < -0.4 is 5.32 Å². The standard InChI is InChI=1S/C13H23N3/c1-3-14-13-7-5-4-6-12(13)8-11-9-15-16(2)10-11/h9-10,12-14H,3-8H2,1-2H3. The fraction of sp³-hybridized carbons (Fsp3) is 0.769. The molecule has 3 heteroatoms. The fourth-order valence-corrected chi connectivity index (χ4v) is 2.86. The summed E-state index contributed by atoms with van der Waals surface area (Å²) in [5.74, 6) is 0.804. The summed E-state index contributed by atoms with van der Waals surface area (Å²) in [6.07, 6.45) is 10.8. The molecule has 1 aliphatic carbocycles. The average molecular weight is 221 g/mol. The van der Waals surface area contributed by atoms with Crippen molar-refractivity contribution >= 4 is 0 Å². The summed E-state index contributed by atoms with van der Waals surface area (Å²) >= 11 is 0. The van der Waals surface area contributed by atoms with Gasteiger partial charge in [0.25, 0.3) is 0 Å². The van der Waals surface area contributed by atoms with E-state index in [0.717, 1.165) is 18.5 Å². The largest absolute Gasteiger partial charge is 0.314 e. The van der Waals surface area contributed by atoms with Crippen molar-refractivity contribution in [1.82, 2.24) is 15.1 Å². The van der Waals surface area contributed by atoms with Gasteiger partial charge >= 0.3 is 0 Å². The Balaban J connectivity index is 1.95. The first-order valence-electron chi connectivity index (χ1n) is 6.50. The van der Waals surface area contributed by atoms with Crippen LogP contribution in [0.25, 0.3) is 0 Å². The van der Waals surface area contributed by atoms with Crippen molar-refractivity contribution in [3.05, 3.63) is 18.0 Å². The Morgan fingerprint density at radius 1 is 1.44 bits per heavy atom. The van der Waals surface area contributed by atoms with Crippen molar-refractivity contribution in [3.8, 4) is 0 Å². The lowest BCUT2D eigenvalue weighted by atomic mass is 9.81. The number of hydrogen-bond acceptors (Lipinski definition) is 2. The SMILES string of the molecule is CCNC1CCCCC1Cc1cnn(C)c1. The quantitative estimate of drug-likeness (QED) is 0.844. The zero-order chi connectivity index (χ0) is 11.4. The van der Waals surface area contributed by atoms with Gasteiger partial charge in [0.2, 0.25) is 0 Å². The molecule has 0 bridgehead atoms. The minimum absolute atomic E-state index is 0.721. The van der Waals surface area contributed by atoms with Crippen LogP contribution in [0, 0.1) is 5.92 Å². The number of aromatic nitrogens is 2. The van der Waals surface area contributed by atoms with E-state index in [-0.39, 0.29) is 0 Å². The summed E-state index contributed by atoms with van der Waals surface area (Å²) in [4.78, 5) is 0. The van der Waals surface area contributed by atoms with Gasteiger partial charge in [-0.3, -0.25) is 4.68 Å². The van der Waals surface area contributed by atoms with Crippen LogP contribution in [-0.4, -0.2) is 22.4 Å². The summed E-state index contributed by atoms with van der Waals surface area (Å²) in [6.45, 7) is 3.30. The number of aryl methyl sites for hydroxylation is 1. The molecule has 3 nitrogen and oxygen atoms in total. The highest BCUT2D eigenvalue weighted by Gasteiger charge is 2.24. The molecule has 1 aliphatic rings. The first-order chi connectivity index (χ1) is 7.79. The predicted molar refractivity (Wildman–Crippen MR) is 66.3 cm³/mol. The van der Waals surface area contributed by atoms with E-state index in [2.05, 4.69) is 23.5 Å². The van der Waals surface area contributed by atoms with Gasteiger partial charge in [-0.05, 0) is 37.3 Å². The zero-order valence-corrected chi connectivity index (χ0v) is 10.4. The topological polar surface area (TPSA) is 29.9 Å². The molecule has 0 amide bonds. The Labute approximate surface area is 98.2 Å². The molecule has 90 valence electrons. The van der Waals surface area contributed by atoms with Crippen molar-refractivity contribution in [2.75, 3.05) is 6.54 Å². The maximum atomic E-state index is 4.25. The van der Waals surface area contributed by atoms with Crippen LogP contribution in [0.15, 0.2) is 12.4 Å². The molecule has 1 N–H and O–H groups in total.